The second-order valence-corrected chi connectivity index (χ2v) is 6.12. The molecule has 0 spiro atoms. The largest absolute Gasteiger partial charge is 0.481 e. The smallest absolute Gasteiger partial charge is 0.306 e. The van der Waals surface area contributed by atoms with E-state index in [4.69, 9.17) is 5.11 Å². The molecule has 1 aromatic heterocycles. The van der Waals surface area contributed by atoms with Crippen LogP contribution in [0.25, 0.3) is 11.0 Å². The maximum atomic E-state index is 13.9. The predicted octanol–water partition coefficient (Wildman–Crippen LogP) is 2.32. The molecule has 1 fully saturated rings. The fourth-order valence-electron chi connectivity index (χ4n) is 2.96. The van der Waals surface area contributed by atoms with Gasteiger partial charge in [-0.15, -0.1) is 0 Å². The molecule has 2 aromatic rings. The Morgan fingerprint density at radius 1 is 1.17 bits per heavy atom. The molecule has 126 valence electrons. The topological polar surface area (TPSA) is 83.4 Å². The van der Waals surface area contributed by atoms with Crippen molar-refractivity contribution in [3.05, 3.63) is 34.9 Å². The van der Waals surface area contributed by atoms with E-state index in [1.54, 1.807) is 18.7 Å². The van der Waals surface area contributed by atoms with E-state index in [1.165, 1.54) is 12.1 Å². The molecular formula is C17H18FN3O3. The number of nitrogens with zero attached hydrogens (tertiary/aromatic N) is 3. The fraction of sp³-hybridized carbons (Fsp3) is 0.412. The standard InChI is InChI=1S/C17H18FN3O3/c1-9-10(2)20-15-13(7-12(18)8-14(15)19-9)16(22)21-5-3-11(4-6-21)17(23)24/h7-8,11H,3-6H2,1-2H3,(H,23,24). The van der Waals surface area contributed by atoms with Crippen molar-refractivity contribution in [2.24, 2.45) is 5.92 Å². The minimum absolute atomic E-state index is 0.175. The number of aliphatic carboxylic acids is 1. The highest BCUT2D eigenvalue weighted by molar-refractivity contribution is 6.04. The summed E-state index contributed by atoms with van der Waals surface area (Å²) in [6.45, 7) is 4.25. The van der Waals surface area contributed by atoms with Gasteiger partial charge >= 0.3 is 5.97 Å². The van der Waals surface area contributed by atoms with Gasteiger partial charge in [0.2, 0.25) is 0 Å². The molecule has 1 aliphatic rings. The van der Waals surface area contributed by atoms with Crippen LogP contribution in [0.4, 0.5) is 4.39 Å². The van der Waals surface area contributed by atoms with Crippen molar-refractivity contribution >= 4 is 22.9 Å². The maximum absolute atomic E-state index is 13.9. The molecule has 6 nitrogen and oxygen atoms in total. The third kappa shape index (κ3) is 2.93. The molecular weight excluding hydrogens is 313 g/mol. The Kier molecular flexibility index (Phi) is 4.17. The summed E-state index contributed by atoms with van der Waals surface area (Å²) in [5.41, 5.74) is 2.28. The van der Waals surface area contributed by atoms with Gasteiger partial charge in [0.25, 0.3) is 5.91 Å². The molecule has 1 saturated heterocycles. The summed E-state index contributed by atoms with van der Waals surface area (Å²) in [7, 11) is 0. The highest BCUT2D eigenvalue weighted by atomic mass is 19.1. The van der Waals surface area contributed by atoms with E-state index in [2.05, 4.69) is 9.97 Å². The average Bonchev–Trinajstić information content (AvgIpc) is 2.55. The van der Waals surface area contributed by atoms with Gasteiger partial charge in [-0.3, -0.25) is 9.59 Å². The van der Waals surface area contributed by atoms with E-state index in [0.717, 1.165) is 0 Å². The lowest BCUT2D eigenvalue weighted by molar-refractivity contribution is -0.143. The number of fused-ring (bicyclic) bond motifs is 1. The molecule has 2 heterocycles. The summed E-state index contributed by atoms with van der Waals surface area (Å²) in [5, 5.41) is 9.04. The summed E-state index contributed by atoms with van der Waals surface area (Å²) >= 11 is 0. The molecule has 1 amide bonds. The van der Waals surface area contributed by atoms with Gasteiger partial charge < -0.3 is 10.0 Å². The number of aryl methyl sites for hydroxylation is 2. The highest BCUT2D eigenvalue weighted by Gasteiger charge is 2.29. The van der Waals surface area contributed by atoms with Crippen molar-refractivity contribution in [1.29, 1.82) is 0 Å². The quantitative estimate of drug-likeness (QED) is 0.913. The highest BCUT2D eigenvalue weighted by Crippen LogP contribution is 2.24. The first-order valence-corrected chi connectivity index (χ1v) is 7.83. The molecule has 0 unspecified atom stereocenters. The number of amides is 1. The van der Waals surface area contributed by atoms with E-state index >= 15 is 0 Å². The number of hydrogen-bond acceptors (Lipinski definition) is 4. The van der Waals surface area contributed by atoms with Crippen LogP contribution < -0.4 is 0 Å². The lowest BCUT2D eigenvalue weighted by Gasteiger charge is -2.30. The van der Waals surface area contributed by atoms with Crippen molar-refractivity contribution in [2.75, 3.05) is 13.1 Å². The number of carboxylic acids is 1. The molecule has 1 N–H and O–H groups in total. The van der Waals surface area contributed by atoms with Gasteiger partial charge in [0.05, 0.1) is 28.4 Å². The van der Waals surface area contributed by atoms with Crippen molar-refractivity contribution in [3.8, 4) is 0 Å². The monoisotopic (exact) mass is 331 g/mol. The Morgan fingerprint density at radius 3 is 2.42 bits per heavy atom. The van der Waals surface area contributed by atoms with Gasteiger partial charge in [0.1, 0.15) is 11.3 Å². The molecule has 0 radical (unpaired) electrons. The van der Waals surface area contributed by atoms with Crippen molar-refractivity contribution in [2.45, 2.75) is 26.7 Å². The maximum Gasteiger partial charge on any atom is 0.306 e. The minimum atomic E-state index is -0.838. The van der Waals surface area contributed by atoms with Crippen molar-refractivity contribution in [1.82, 2.24) is 14.9 Å². The van der Waals surface area contributed by atoms with Crippen LogP contribution in [-0.4, -0.2) is 44.9 Å². The number of aromatic nitrogens is 2. The first kappa shape index (κ1) is 16.3. The Hall–Kier alpha value is -2.57. The predicted molar refractivity (Wildman–Crippen MR) is 85.2 cm³/mol. The van der Waals surface area contributed by atoms with Gasteiger partial charge in [-0.1, -0.05) is 0 Å². The van der Waals surface area contributed by atoms with Gasteiger partial charge in [-0.2, -0.15) is 0 Å². The van der Waals surface area contributed by atoms with Crippen LogP contribution in [0.5, 0.6) is 0 Å². The van der Waals surface area contributed by atoms with Crippen LogP contribution in [0.2, 0.25) is 0 Å². The van der Waals surface area contributed by atoms with Crippen LogP contribution in [0.1, 0.15) is 34.6 Å². The molecule has 0 saturated carbocycles. The Bertz CT molecular complexity index is 829. The summed E-state index contributed by atoms with van der Waals surface area (Å²) < 4.78 is 13.9. The lowest BCUT2D eigenvalue weighted by Crippen LogP contribution is -2.40. The van der Waals surface area contributed by atoms with E-state index < -0.39 is 17.7 Å². The van der Waals surface area contributed by atoms with E-state index in [9.17, 15) is 14.0 Å². The van der Waals surface area contributed by atoms with Crippen LogP contribution in [-0.2, 0) is 4.79 Å². The number of likely N-dealkylation sites (tertiary alicyclic amines) is 1. The Labute approximate surface area is 138 Å². The summed E-state index contributed by atoms with van der Waals surface area (Å²) in [6.07, 6.45) is 0.802. The van der Waals surface area contributed by atoms with Crippen molar-refractivity contribution < 1.29 is 19.1 Å². The number of benzene rings is 1. The third-order valence-electron chi connectivity index (χ3n) is 4.51. The molecule has 1 aromatic carbocycles. The molecule has 3 rings (SSSR count). The van der Waals surface area contributed by atoms with Gasteiger partial charge in [-0.25, -0.2) is 14.4 Å². The number of halogens is 1. The number of hydrogen-bond donors (Lipinski definition) is 1. The van der Waals surface area contributed by atoms with Crippen molar-refractivity contribution in [3.63, 3.8) is 0 Å². The summed E-state index contributed by atoms with van der Waals surface area (Å²) in [5.74, 6) is -2.14. The zero-order valence-corrected chi connectivity index (χ0v) is 13.5. The number of piperidine rings is 1. The second kappa shape index (κ2) is 6.14. The van der Waals surface area contributed by atoms with Gasteiger partial charge in [-0.05, 0) is 32.8 Å². The molecule has 7 heteroatoms. The summed E-state index contributed by atoms with van der Waals surface area (Å²) in [6, 6.07) is 2.44. The van der Waals surface area contributed by atoms with Crippen LogP contribution in [0.3, 0.4) is 0 Å². The van der Waals surface area contributed by atoms with Crippen LogP contribution in [0.15, 0.2) is 12.1 Å². The van der Waals surface area contributed by atoms with E-state index in [0.29, 0.717) is 48.4 Å². The minimum Gasteiger partial charge on any atom is -0.481 e. The number of carbonyl (C=O) groups excluding carboxylic acids is 1. The zero-order valence-electron chi connectivity index (χ0n) is 13.5. The van der Waals surface area contributed by atoms with E-state index in [-0.39, 0.29) is 11.5 Å². The molecule has 0 aliphatic carbocycles. The van der Waals surface area contributed by atoms with Gasteiger partial charge in [0.15, 0.2) is 0 Å². The summed E-state index contributed by atoms with van der Waals surface area (Å²) in [4.78, 5) is 34.1. The molecule has 1 aliphatic heterocycles. The van der Waals surface area contributed by atoms with Crippen LogP contribution in [0, 0.1) is 25.6 Å². The lowest BCUT2D eigenvalue weighted by atomic mass is 9.96. The number of carbonyl (C=O) groups is 2. The first-order chi connectivity index (χ1) is 11.4. The SMILES string of the molecule is Cc1nc2cc(F)cc(C(=O)N3CCC(C(=O)O)CC3)c2nc1C. The molecule has 0 bridgehead atoms. The molecule has 0 atom stereocenters. The fourth-order valence-corrected chi connectivity index (χ4v) is 2.96. The van der Waals surface area contributed by atoms with Gasteiger partial charge in [0, 0.05) is 19.2 Å². The average molecular weight is 331 g/mol. The Balaban J connectivity index is 1.95. The van der Waals surface area contributed by atoms with Crippen LogP contribution >= 0.6 is 0 Å². The zero-order chi connectivity index (χ0) is 17.4. The molecule has 24 heavy (non-hydrogen) atoms. The second-order valence-electron chi connectivity index (χ2n) is 6.12. The number of rotatable bonds is 2. The normalized spacial score (nSPS) is 15.7. The third-order valence-corrected chi connectivity index (χ3v) is 4.51. The first-order valence-electron chi connectivity index (χ1n) is 7.83. The Morgan fingerprint density at radius 2 is 1.79 bits per heavy atom. The van der Waals surface area contributed by atoms with E-state index in [1.807, 2.05) is 0 Å². The number of carboxylic acid groups (broad SMARTS) is 1.